The SMILES string of the molecule is O=C(Nc1ccc2c([O-])c(N=Nc3ccc(S(=O)(=O)[O-])c4ccccc34)c(S(=O)(=O)O)cc2c1)Nc1ccc2c([O-])c(N=Nc3ccc(S(=O)(=O)[O-])c4ccccc34)c(S(=O)(=O)O)cc2c1.[Na+].[Na+].[Na+].[Na+]. The third-order valence-electron chi connectivity index (χ3n) is 9.91. The van der Waals surface area contributed by atoms with Gasteiger partial charge in [0.15, 0.2) is 0 Å². The molecule has 0 radical (unpaired) electrons. The van der Waals surface area contributed by atoms with Crippen LogP contribution in [0.5, 0.6) is 11.5 Å². The van der Waals surface area contributed by atoms with Gasteiger partial charge in [0, 0.05) is 32.9 Å². The number of amides is 2. The number of nitrogens with zero attached hydrogens (tertiary/aromatic N) is 4. The van der Waals surface area contributed by atoms with E-state index < -0.39 is 89.0 Å². The number of azo groups is 2. The summed E-state index contributed by atoms with van der Waals surface area (Å²) in [5.41, 5.74) is -1.71. The van der Waals surface area contributed by atoms with Gasteiger partial charge < -0.3 is 30.0 Å². The molecule has 8 aromatic rings. The molecule has 0 saturated carbocycles. The van der Waals surface area contributed by atoms with E-state index in [0.717, 1.165) is 36.4 Å². The number of carbonyl (C=O) groups is 1. The minimum absolute atomic E-state index is 0. The van der Waals surface area contributed by atoms with E-state index in [1.165, 1.54) is 84.9 Å². The van der Waals surface area contributed by atoms with Gasteiger partial charge in [0.25, 0.3) is 20.2 Å². The van der Waals surface area contributed by atoms with Crippen molar-refractivity contribution in [3.8, 4) is 11.5 Å². The number of rotatable bonds is 10. The molecule has 8 rings (SSSR count). The number of hydrogen-bond donors (Lipinski definition) is 4. The Hall–Kier alpha value is -3.49. The van der Waals surface area contributed by atoms with Gasteiger partial charge in [0.2, 0.25) is 0 Å². The molecule has 2 amide bonds. The minimum atomic E-state index is -5.15. The van der Waals surface area contributed by atoms with Crippen LogP contribution in [0.2, 0.25) is 0 Å². The molecule has 0 bridgehead atoms. The Kier molecular flexibility index (Phi) is 19.2. The van der Waals surface area contributed by atoms with Crippen LogP contribution in [0.4, 0.5) is 38.9 Å². The molecule has 0 atom stereocenters. The van der Waals surface area contributed by atoms with Crippen molar-refractivity contribution in [2.24, 2.45) is 20.5 Å². The van der Waals surface area contributed by atoms with Gasteiger partial charge in [-0.05, 0) is 82.2 Å². The summed E-state index contributed by atoms with van der Waals surface area (Å²) in [6.07, 6.45) is 0. The zero-order valence-electron chi connectivity index (χ0n) is 36.7. The van der Waals surface area contributed by atoms with Gasteiger partial charge in [0.05, 0.1) is 32.5 Å². The molecule has 0 spiro atoms. The second-order valence-electron chi connectivity index (χ2n) is 14.1. The summed E-state index contributed by atoms with van der Waals surface area (Å²) >= 11 is 0. The number of hydrogen-bond acceptors (Lipinski definition) is 17. The van der Waals surface area contributed by atoms with E-state index in [2.05, 4.69) is 31.1 Å². The smallest absolute Gasteiger partial charge is 0.871 e. The first-order chi connectivity index (χ1) is 31.0. The topological polar surface area (TPSA) is 360 Å². The third-order valence-corrected chi connectivity index (χ3v) is 13.4. The van der Waals surface area contributed by atoms with Crippen LogP contribution in [0.3, 0.4) is 0 Å². The quantitative estimate of drug-likeness (QED) is 0.0568. The van der Waals surface area contributed by atoms with E-state index in [4.69, 9.17) is 0 Å². The van der Waals surface area contributed by atoms with E-state index in [1.54, 1.807) is 0 Å². The Morgan fingerprint density at radius 1 is 0.429 bits per heavy atom. The van der Waals surface area contributed by atoms with Crippen molar-refractivity contribution < 1.29 is 185 Å². The molecule has 0 aromatic heterocycles. The largest absolute Gasteiger partial charge is 1.00 e. The summed E-state index contributed by atoms with van der Waals surface area (Å²) < 4.78 is 141. The van der Waals surface area contributed by atoms with Crippen molar-refractivity contribution in [1.82, 2.24) is 0 Å². The van der Waals surface area contributed by atoms with E-state index >= 15 is 0 Å². The Balaban J connectivity index is 0.00000266. The zero-order chi connectivity index (χ0) is 47.5. The van der Waals surface area contributed by atoms with Gasteiger partial charge in [-0.2, -0.15) is 16.8 Å². The summed E-state index contributed by atoms with van der Waals surface area (Å²) in [7, 11) is -20.1. The second kappa shape index (κ2) is 22.7. The van der Waals surface area contributed by atoms with Crippen LogP contribution in [-0.4, -0.2) is 57.9 Å². The predicted octanol–water partition coefficient (Wildman–Crippen LogP) is -4.76. The molecule has 21 nitrogen and oxygen atoms in total. The molecule has 4 N–H and O–H groups in total. The third kappa shape index (κ3) is 12.5. The van der Waals surface area contributed by atoms with Crippen LogP contribution in [0.1, 0.15) is 0 Å². The van der Waals surface area contributed by atoms with Gasteiger partial charge >= 0.3 is 124 Å². The molecule has 0 unspecified atom stereocenters. The molecule has 0 fully saturated rings. The maximum absolute atomic E-state index is 13.6. The molecule has 29 heteroatoms. The van der Waals surface area contributed by atoms with E-state index in [9.17, 15) is 66.9 Å². The summed E-state index contributed by atoms with van der Waals surface area (Å²) in [6.45, 7) is 0. The number of carbonyl (C=O) groups excluding carboxylic acids is 1. The maximum atomic E-state index is 13.6. The van der Waals surface area contributed by atoms with E-state index in [1.807, 2.05) is 0 Å². The molecular weight excluding hydrogens is 1040 g/mol. The Labute approximate surface area is 486 Å². The van der Waals surface area contributed by atoms with Crippen LogP contribution in [0.15, 0.2) is 161 Å². The van der Waals surface area contributed by atoms with Crippen molar-refractivity contribution in [2.45, 2.75) is 19.6 Å². The van der Waals surface area contributed by atoms with Gasteiger partial charge in [-0.3, -0.25) is 9.11 Å². The summed E-state index contributed by atoms with van der Waals surface area (Å²) in [5.74, 6) is -2.02. The molecule has 0 aliphatic heterocycles. The number of urea groups is 1. The average Bonchev–Trinajstić information content (AvgIpc) is 3.23. The fraction of sp³-hybridized carbons (Fsp3) is 0. The monoisotopic (exact) mass is 1060 g/mol. The molecule has 0 heterocycles. The average molecular weight is 1060 g/mol. The number of benzene rings is 8. The first-order valence-electron chi connectivity index (χ1n) is 18.4. The van der Waals surface area contributed by atoms with Crippen LogP contribution < -0.4 is 139 Å². The predicted molar refractivity (Wildman–Crippen MR) is 231 cm³/mol. The zero-order valence-corrected chi connectivity index (χ0v) is 47.9. The van der Waals surface area contributed by atoms with Crippen molar-refractivity contribution in [3.05, 3.63) is 121 Å². The number of nitrogens with one attached hydrogen (secondary N) is 2. The van der Waals surface area contributed by atoms with Crippen molar-refractivity contribution >= 4 is 124 Å². The fourth-order valence-electron chi connectivity index (χ4n) is 7.04. The van der Waals surface area contributed by atoms with E-state index in [-0.39, 0.29) is 184 Å². The van der Waals surface area contributed by atoms with Crippen LogP contribution in [-0.2, 0) is 40.5 Å². The van der Waals surface area contributed by atoms with Crippen LogP contribution >= 0.6 is 0 Å². The normalized spacial score (nSPS) is 12.1. The number of anilines is 2. The molecule has 8 aromatic carbocycles. The van der Waals surface area contributed by atoms with Gasteiger partial charge in [-0.25, -0.2) is 21.6 Å². The van der Waals surface area contributed by atoms with Crippen LogP contribution in [0, 0.1) is 0 Å². The standard InChI is InChI=1S/C41H28N6O15S4.4Na/c48-39-25-11-9-23(17-21(25)19-35(65(57,58)59)37(39)46-44-31-13-15-33(63(51,52)53)29-7-3-1-5-27(29)31)42-41(50)43-24-10-12-26-22(18-24)20-36(66(60,61)62)38(40(26)49)47-45-32-14-16-34(64(54,55)56)30-8-4-2-6-28(30)32;;;;/h1-20,48-49H,(H2,42,43,50)(H,51,52,53)(H,54,55,56)(H,57,58,59)(H,60,61,62);;;;/q;4*+1/p-4. The second-order valence-corrected chi connectivity index (χ2v) is 19.5. The van der Waals surface area contributed by atoms with Crippen molar-refractivity contribution in [1.29, 1.82) is 0 Å². The Bertz CT molecular complexity index is 3710. The molecule has 336 valence electrons. The number of fused-ring (bicyclic) bond motifs is 4. The first-order valence-corrected chi connectivity index (χ1v) is 24.1. The van der Waals surface area contributed by atoms with Crippen LogP contribution in [0.25, 0.3) is 43.1 Å². The fourth-order valence-corrected chi connectivity index (χ4v) is 9.71. The van der Waals surface area contributed by atoms with E-state index in [0.29, 0.717) is 0 Å². The molecule has 0 aliphatic carbocycles. The maximum Gasteiger partial charge on any atom is 1.00 e. The summed E-state index contributed by atoms with van der Waals surface area (Å²) in [4.78, 5) is 10.1. The minimum Gasteiger partial charge on any atom is -0.871 e. The molecular formula is C41H24N6Na4O15S4. The van der Waals surface area contributed by atoms with Gasteiger partial charge in [-0.1, -0.05) is 72.2 Å². The molecule has 0 aliphatic rings. The Morgan fingerprint density at radius 2 is 0.771 bits per heavy atom. The van der Waals surface area contributed by atoms with Crippen molar-refractivity contribution in [3.63, 3.8) is 0 Å². The van der Waals surface area contributed by atoms with Gasteiger partial charge in [0.1, 0.15) is 30.0 Å². The summed E-state index contributed by atoms with van der Waals surface area (Å²) in [6, 6.07) is 23.9. The molecule has 0 saturated heterocycles. The first kappa shape index (κ1) is 59.1. The van der Waals surface area contributed by atoms with Crippen molar-refractivity contribution in [2.75, 3.05) is 10.6 Å². The summed E-state index contributed by atoms with van der Waals surface area (Å²) in [5, 5.41) is 47.5. The molecule has 70 heavy (non-hydrogen) atoms. The Morgan fingerprint density at radius 3 is 1.10 bits per heavy atom. The van der Waals surface area contributed by atoms with Gasteiger partial charge in [-0.15, -0.1) is 20.5 Å².